The van der Waals surface area contributed by atoms with Crippen LogP contribution < -0.4 is 20.5 Å². The Morgan fingerprint density at radius 1 is 1.29 bits per heavy atom. The first-order valence-corrected chi connectivity index (χ1v) is 7.39. The third-order valence-corrected chi connectivity index (χ3v) is 4.46. The zero-order valence-corrected chi connectivity index (χ0v) is 12.7. The second-order valence-electron chi connectivity index (χ2n) is 6.64. The Hall–Kier alpha value is -1.75. The van der Waals surface area contributed by atoms with Crippen LogP contribution >= 0.6 is 0 Å². The molecule has 1 aromatic rings. The van der Waals surface area contributed by atoms with Gasteiger partial charge >= 0.3 is 0 Å². The Kier molecular flexibility index (Phi) is 3.13. The van der Waals surface area contributed by atoms with Crippen molar-refractivity contribution in [2.75, 3.05) is 5.32 Å². The third-order valence-electron chi connectivity index (χ3n) is 4.46. The van der Waals surface area contributed by atoms with Crippen molar-refractivity contribution in [2.45, 2.75) is 51.9 Å². The highest BCUT2D eigenvalue weighted by Gasteiger charge is 2.43. The Labute approximate surface area is 124 Å². The number of hydrogen-bond donors (Lipinski definition) is 2. The first-order valence-electron chi connectivity index (χ1n) is 7.39. The molecule has 5 nitrogen and oxygen atoms in total. The van der Waals surface area contributed by atoms with Gasteiger partial charge in [0.05, 0.1) is 5.41 Å². The summed E-state index contributed by atoms with van der Waals surface area (Å²) in [5.74, 6) is 0.663. The summed E-state index contributed by atoms with van der Waals surface area (Å²) in [6.07, 6.45) is 2.73. The number of nitrogens with one attached hydrogen (secondary N) is 1. The summed E-state index contributed by atoms with van der Waals surface area (Å²) in [6.45, 7) is 5.64. The molecule has 0 saturated heterocycles. The maximum absolute atomic E-state index is 12.5. The highest BCUT2D eigenvalue weighted by molar-refractivity contribution is 5.96. The van der Waals surface area contributed by atoms with Crippen LogP contribution in [0, 0.1) is 5.41 Å². The SMILES string of the molecule is CC1(C)Oc2ccc(NC(=O)C3(C)CCCC3N)cc2O1. The smallest absolute Gasteiger partial charge is 0.246 e. The van der Waals surface area contributed by atoms with E-state index in [0.29, 0.717) is 17.2 Å². The lowest BCUT2D eigenvalue weighted by Gasteiger charge is -2.27. The number of hydrogen-bond acceptors (Lipinski definition) is 4. The molecule has 3 N–H and O–H groups in total. The zero-order valence-electron chi connectivity index (χ0n) is 12.7. The molecule has 1 aromatic carbocycles. The molecule has 1 heterocycles. The summed E-state index contributed by atoms with van der Waals surface area (Å²) in [6, 6.07) is 5.36. The maximum Gasteiger partial charge on any atom is 0.246 e. The van der Waals surface area contributed by atoms with Gasteiger partial charge < -0.3 is 20.5 Å². The van der Waals surface area contributed by atoms with Crippen molar-refractivity contribution in [3.8, 4) is 11.5 Å². The fraction of sp³-hybridized carbons (Fsp3) is 0.562. The van der Waals surface area contributed by atoms with Crippen LogP contribution in [0.25, 0.3) is 0 Å². The van der Waals surface area contributed by atoms with Crippen molar-refractivity contribution in [1.29, 1.82) is 0 Å². The van der Waals surface area contributed by atoms with Crippen molar-refractivity contribution >= 4 is 11.6 Å². The van der Waals surface area contributed by atoms with E-state index in [9.17, 15) is 4.79 Å². The number of anilines is 1. The molecule has 0 aromatic heterocycles. The van der Waals surface area contributed by atoms with Crippen LogP contribution in [0.5, 0.6) is 11.5 Å². The van der Waals surface area contributed by atoms with Gasteiger partial charge in [0.2, 0.25) is 11.7 Å². The van der Waals surface area contributed by atoms with E-state index in [2.05, 4.69) is 5.32 Å². The van der Waals surface area contributed by atoms with Crippen LogP contribution in [0.2, 0.25) is 0 Å². The highest BCUT2D eigenvalue weighted by atomic mass is 16.7. The predicted octanol–water partition coefficient (Wildman–Crippen LogP) is 2.65. The highest BCUT2D eigenvalue weighted by Crippen LogP contribution is 2.42. The molecule has 1 saturated carbocycles. The first kappa shape index (κ1) is 14.2. The molecule has 2 atom stereocenters. The minimum absolute atomic E-state index is 0.0226. The lowest BCUT2D eigenvalue weighted by Crippen LogP contribution is -2.44. The molecule has 21 heavy (non-hydrogen) atoms. The first-order chi connectivity index (χ1) is 9.80. The molecular formula is C16H22N2O3. The minimum atomic E-state index is -0.662. The lowest BCUT2D eigenvalue weighted by atomic mass is 9.84. The van der Waals surface area contributed by atoms with E-state index in [1.807, 2.05) is 32.9 Å². The lowest BCUT2D eigenvalue weighted by molar-refractivity contribution is -0.125. The van der Waals surface area contributed by atoms with Gasteiger partial charge in [-0.05, 0) is 31.9 Å². The Balaban J connectivity index is 1.76. The summed E-state index contributed by atoms with van der Waals surface area (Å²) in [5, 5.41) is 2.96. The average Bonchev–Trinajstić information content (AvgIpc) is 2.88. The monoisotopic (exact) mass is 290 g/mol. The minimum Gasteiger partial charge on any atom is -0.449 e. The van der Waals surface area contributed by atoms with Gasteiger partial charge in [-0.15, -0.1) is 0 Å². The van der Waals surface area contributed by atoms with Crippen molar-refractivity contribution in [3.05, 3.63) is 18.2 Å². The number of fused-ring (bicyclic) bond motifs is 1. The van der Waals surface area contributed by atoms with E-state index in [1.165, 1.54) is 0 Å². The zero-order chi connectivity index (χ0) is 15.3. The van der Waals surface area contributed by atoms with Crippen LogP contribution in [-0.4, -0.2) is 17.7 Å². The van der Waals surface area contributed by atoms with Crippen LogP contribution in [-0.2, 0) is 4.79 Å². The van der Waals surface area contributed by atoms with Gasteiger partial charge in [-0.2, -0.15) is 0 Å². The van der Waals surface area contributed by atoms with Gasteiger partial charge in [-0.1, -0.05) is 6.42 Å². The summed E-state index contributed by atoms with van der Waals surface area (Å²) < 4.78 is 11.3. The summed E-state index contributed by atoms with van der Waals surface area (Å²) in [4.78, 5) is 12.5. The molecule has 1 amide bonds. The second-order valence-corrected chi connectivity index (χ2v) is 6.64. The summed E-state index contributed by atoms with van der Waals surface area (Å²) >= 11 is 0. The summed E-state index contributed by atoms with van der Waals surface area (Å²) in [5.41, 5.74) is 6.31. The molecule has 5 heteroatoms. The molecule has 2 aliphatic rings. The number of rotatable bonds is 2. The quantitative estimate of drug-likeness (QED) is 0.878. The summed E-state index contributed by atoms with van der Waals surface area (Å²) in [7, 11) is 0. The van der Waals surface area contributed by atoms with Crippen molar-refractivity contribution in [1.82, 2.24) is 0 Å². The maximum atomic E-state index is 12.5. The van der Waals surface area contributed by atoms with Crippen molar-refractivity contribution in [3.63, 3.8) is 0 Å². The Bertz CT molecular complexity index is 585. The van der Waals surface area contributed by atoms with Crippen molar-refractivity contribution < 1.29 is 14.3 Å². The molecule has 1 fully saturated rings. The van der Waals surface area contributed by atoms with E-state index in [-0.39, 0.29) is 11.9 Å². The van der Waals surface area contributed by atoms with E-state index in [1.54, 1.807) is 6.07 Å². The van der Waals surface area contributed by atoms with Crippen LogP contribution in [0.3, 0.4) is 0 Å². The second kappa shape index (κ2) is 4.63. The number of ether oxygens (including phenoxy) is 2. The van der Waals surface area contributed by atoms with E-state index < -0.39 is 11.2 Å². The number of carbonyl (C=O) groups excluding carboxylic acids is 1. The number of nitrogens with two attached hydrogens (primary N) is 1. The van der Waals surface area contributed by atoms with Crippen molar-refractivity contribution in [2.24, 2.45) is 11.1 Å². The molecule has 1 aliphatic heterocycles. The molecule has 114 valence electrons. The van der Waals surface area contributed by atoms with Gasteiger partial charge in [0.25, 0.3) is 0 Å². The average molecular weight is 290 g/mol. The number of benzene rings is 1. The number of amides is 1. The predicted molar refractivity (Wildman–Crippen MR) is 80.3 cm³/mol. The third kappa shape index (κ3) is 2.46. The Morgan fingerprint density at radius 2 is 2.00 bits per heavy atom. The molecule has 0 spiro atoms. The van der Waals surface area contributed by atoms with Gasteiger partial charge in [0.15, 0.2) is 11.5 Å². The fourth-order valence-electron chi connectivity index (χ4n) is 3.05. The topological polar surface area (TPSA) is 73.6 Å². The normalized spacial score (nSPS) is 29.4. The molecular weight excluding hydrogens is 268 g/mol. The molecule has 2 unspecified atom stereocenters. The molecule has 1 aliphatic carbocycles. The van der Waals surface area contributed by atoms with Gasteiger partial charge in [-0.25, -0.2) is 0 Å². The van der Waals surface area contributed by atoms with E-state index in [0.717, 1.165) is 19.3 Å². The van der Waals surface area contributed by atoms with Crippen LogP contribution in [0.4, 0.5) is 5.69 Å². The van der Waals surface area contributed by atoms with Crippen LogP contribution in [0.1, 0.15) is 40.0 Å². The van der Waals surface area contributed by atoms with Gasteiger partial charge in [0, 0.05) is 31.6 Å². The van der Waals surface area contributed by atoms with Gasteiger partial charge in [-0.3, -0.25) is 4.79 Å². The van der Waals surface area contributed by atoms with E-state index >= 15 is 0 Å². The number of carbonyl (C=O) groups is 1. The Morgan fingerprint density at radius 3 is 2.67 bits per heavy atom. The molecule has 3 rings (SSSR count). The standard InChI is InChI=1S/C16H22N2O3/c1-15(2)20-11-7-6-10(9-12(11)21-15)18-14(19)16(3)8-4-5-13(16)17/h6-7,9,13H,4-5,8,17H2,1-3H3,(H,18,19). The van der Waals surface area contributed by atoms with E-state index in [4.69, 9.17) is 15.2 Å². The van der Waals surface area contributed by atoms with Gasteiger partial charge in [0.1, 0.15) is 0 Å². The fourth-order valence-corrected chi connectivity index (χ4v) is 3.05. The van der Waals surface area contributed by atoms with Crippen LogP contribution in [0.15, 0.2) is 18.2 Å². The molecule has 0 bridgehead atoms. The molecule has 0 radical (unpaired) electrons. The largest absolute Gasteiger partial charge is 0.449 e.